The van der Waals surface area contributed by atoms with E-state index in [1.807, 2.05) is 13.0 Å². The second-order valence-corrected chi connectivity index (χ2v) is 6.11. The fourth-order valence-corrected chi connectivity index (χ4v) is 3.04. The normalized spacial score (nSPS) is 12.2. The van der Waals surface area contributed by atoms with Crippen molar-refractivity contribution in [1.29, 1.82) is 0 Å². The van der Waals surface area contributed by atoms with Crippen LogP contribution in [0.2, 0.25) is 0 Å². The highest BCUT2D eigenvalue weighted by Gasteiger charge is 2.18. The molecular weight excluding hydrogens is 408 g/mol. The summed E-state index contributed by atoms with van der Waals surface area (Å²) in [4.78, 5) is 33.2. The largest absolute Gasteiger partial charge is 0.377 e. The van der Waals surface area contributed by atoms with Crippen molar-refractivity contribution in [1.82, 2.24) is 29.7 Å². The first-order valence-corrected chi connectivity index (χ1v) is 9.43. The van der Waals surface area contributed by atoms with Crippen molar-refractivity contribution in [3.8, 4) is 24.2 Å². The molecule has 3 aromatic heterocycles. The minimum absolute atomic E-state index is 0.161. The minimum atomic E-state index is -0.753. The van der Waals surface area contributed by atoms with Gasteiger partial charge in [-0.15, -0.1) is 34.6 Å². The molecule has 3 rings (SSSR count). The van der Waals surface area contributed by atoms with Crippen LogP contribution in [-0.4, -0.2) is 42.7 Å². The standard InChI is InChI=1S/C18H19ClN6O3.C2H2/c1-3-13(15-12(6-7-19)21-17(26)18(27)22-15)25-14(10-28-2)23-24-16(25)11-5-4-8-20-9-11;1-2/h4-6,8-9H,3,7,10H2,1-2H3,(H,21,26)(H,22,27);1-2H/b12-6+,15-13-;. The van der Waals surface area contributed by atoms with Gasteiger partial charge in [-0.1, -0.05) is 6.92 Å². The van der Waals surface area contributed by atoms with E-state index in [0.29, 0.717) is 34.5 Å². The summed E-state index contributed by atoms with van der Waals surface area (Å²) in [5, 5.41) is 9.38. The SMILES string of the molecule is C#C.CC/C(=c1/[nH]c(=O)c(=O)[nH]/c1=C/CCl)n1c(COC)nnc1-c1cccnc1. The molecule has 0 atom stereocenters. The predicted octanol–water partition coefficient (Wildman–Crippen LogP) is 0.198. The zero-order valence-corrected chi connectivity index (χ0v) is 17.3. The summed E-state index contributed by atoms with van der Waals surface area (Å²) in [5.41, 5.74) is -0.0699. The number of aromatic nitrogens is 6. The molecule has 0 saturated carbocycles. The van der Waals surface area contributed by atoms with Crippen LogP contribution in [0.5, 0.6) is 0 Å². The first-order chi connectivity index (χ1) is 14.6. The first kappa shape index (κ1) is 22.8. The second kappa shape index (κ2) is 10.9. The molecule has 3 heterocycles. The van der Waals surface area contributed by atoms with Crippen molar-refractivity contribution < 1.29 is 4.74 Å². The molecule has 0 bridgehead atoms. The van der Waals surface area contributed by atoms with Gasteiger partial charge >= 0.3 is 11.1 Å². The van der Waals surface area contributed by atoms with Crippen molar-refractivity contribution in [3.63, 3.8) is 0 Å². The lowest BCUT2D eigenvalue weighted by Gasteiger charge is -2.13. The maximum Gasteiger partial charge on any atom is 0.314 e. The Labute approximate surface area is 177 Å². The quantitative estimate of drug-likeness (QED) is 0.329. The maximum atomic E-state index is 12.0. The van der Waals surface area contributed by atoms with Crippen LogP contribution < -0.4 is 21.8 Å². The highest BCUT2D eigenvalue weighted by atomic mass is 35.5. The average Bonchev–Trinajstić information content (AvgIpc) is 3.18. The van der Waals surface area contributed by atoms with E-state index in [1.54, 1.807) is 36.2 Å². The van der Waals surface area contributed by atoms with Gasteiger partial charge in [0.1, 0.15) is 6.61 Å². The van der Waals surface area contributed by atoms with Crippen molar-refractivity contribution in [2.24, 2.45) is 0 Å². The number of halogens is 1. The van der Waals surface area contributed by atoms with Crippen molar-refractivity contribution in [2.45, 2.75) is 20.0 Å². The Kier molecular flexibility index (Phi) is 8.29. The highest BCUT2D eigenvalue weighted by molar-refractivity contribution is 6.20. The van der Waals surface area contributed by atoms with Gasteiger partial charge in [-0.3, -0.25) is 19.1 Å². The van der Waals surface area contributed by atoms with Gasteiger partial charge in [0, 0.05) is 30.9 Å². The van der Waals surface area contributed by atoms with Gasteiger partial charge in [-0.05, 0) is 24.6 Å². The number of methoxy groups -OCH3 is 1. The summed E-state index contributed by atoms with van der Waals surface area (Å²) in [6.07, 6.45) is 13.5. The number of hydrogen-bond acceptors (Lipinski definition) is 6. The van der Waals surface area contributed by atoms with E-state index in [2.05, 4.69) is 38.0 Å². The molecule has 0 aromatic carbocycles. The van der Waals surface area contributed by atoms with Crippen molar-refractivity contribution in [2.75, 3.05) is 13.0 Å². The number of terminal acetylenes is 1. The van der Waals surface area contributed by atoms with Gasteiger partial charge in [0.25, 0.3) is 0 Å². The molecule has 156 valence electrons. The van der Waals surface area contributed by atoms with E-state index in [4.69, 9.17) is 16.3 Å². The number of nitrogens with one attached hydrogen (secondary N) is 2. The summed E-state index contributed by atoms with van der Waals surface area (Å²) in [6, 6.07) is 3.66. The molecule has 0 amide bonds. The van der Waals surface area contributed by atoms with E-state index in [-0.39, 0.29) is 12.5 Å². The molecule has 0 aliphatic heterocycles. The fourth-order valence-electron chi connectivity index (χ4n) is 2.89. The third-order valence-electron chi connectivity index (χ3n) is 4.06. The summed E-state index contributed by atoms with van der Waals surface area (Å²) in [6.45, 7) is 2.13. The Bertz CT molecular complexity index is 1240. The van der Waals surface area contributed by atoms with Gasteiger partial charge in [0.2, 0.25) is 0 Å². The fraction of sp³-hybridized carbons (Fsp3) is 0.250. The average molecular weight is 429 g/mol. The molecule has 0 saturated heterocycles. The molecule has 30 heavy (non-hydrogen) atoms. The Morgan fingerprint density at radius 1 is 1.27 bits per heavy atom. The molecule has 9 nitrogen and oxygen atoms in total. The van der Waals surface area contributed by atoms with E-state index < -0.39 is 11.1 Å². The molecule has 2 N–H and O–H groups in total. The summed E-state index contributed by atoms with van der Waals surface area (Å²) in [7, 11) is 1.56. The van der Waals surface area contributed by atoms with Crippen LogP contribution in [0, 0.1) is 12.8 Å². The van der Waals surface area contributed by atoms with Crippen LogP contribution in [0.25, 0.3) is 23.2 Å². The van der Waals surface area contributed by atoms with Crippen molar-refractivity contribution in [3.05, 3.63) is 61.8 Å². The lowest BCUT2D eigenvalue weighted by atomic mass is 10.2. The number of H-pyrrole nitrogens is 2. The summed E-state index contributed by atoms with van der Waals surface area (Å²) in [5.74, 6) is 1.25. The molecule has 0 radical (unpaired) electrons. The van der Waals surface area contributed by atoms with E-state index >= 15 is 0 Å². The van der Waals surface area contributed by atoms with Gasteiger partial charge < -0.3 is 14.7 Å². The molecule has 0 fully saturated rings. The zero-order chi connectivity index (χ0) is 22.1. The molecule has 0 aliphatic carbocycles. The smallest absolute Gasteiger partial charge is 0.314 e. The van der Waals surface area contributed by atoms with Gasteiger partial charge in [0.15, 0.2) is 11.6 Å². The number of alkyl halides is 1. The lowest BCUT2D eigenvalue weighted by molar-refractivity contribution is 0.176. The van der Waals surface area contributed by atoms with Crippen molar-refractivity contribution >= 4 is 23.4 Å². The monoisotopic (exact) mass is 428 g/mol. The second-order valence-electron chi connectivity index (χ2n) is 5.81. The number of nitrogens with zero attached hydrogens (tertiary/aromatic N) is 4. The third kappa shape index (κ3) is 4.74. The Balaban J connectivity index is 0.00000155. The number of aromatic amines is 2. The van der Waals surface area contributed by atoms with Crippen LogP contribution in [0.3, 0.4) is 0 Å². The Morgan fingerprint density at radius 2 is 2.00 bits per heavy atom. The highest BCUT2D eigenvalue weighted by Crippen LogP contribution is 2.22. The number of ether oxygens (including phenoxy) is 1. The molecule has 0 aliphatic rings. The van der Waals surface area contributed by atoms with Crippen LogP contribution in [0.15, 0.2) is 34.1 Å². The topological polar surface area (TPSA) is 119 Å². The molecule has 0 spiro atoms. The molecular formula is C20H21ClN6O3. The van der Waals surface area contributed by atoms with Gasteiger partial charge in [0.05, 0.1) is 16.4 Å². The van der Waals surface area contributed by atoms with Crippen LogP contribution in [0.4, 0.5) is 0 Å². The molecule has 3 aromatic rings. The Hall–Kier alpha value is -3.48. The third-order valence-corrected chi connectivity index (χ3v) is 4.21. The zero-order valence-electron chi connectivity index (χ0n) is 16.6. The molecule has 0 unspecified atom stereocenters. The Morgan fingerprint density at radius 3 is 2.60 bits per heavy atom. The van der Waals surface area contributed by atoms with Gasteiger partial charge in [-0.25, -0.2) is 0 Å². The van der Waals surface area contributed by atoms with Crippen LogP contribution >= 0.6 is 11.6 Å². The van der Waals surface area contributed by atoms with E-state index in [0.717, 1.165) is 5.56 Å². The number of pyridine rings is 1. The van der Waals surface area contributed by atoms with E-state index in [1.165, 1.54) is 0 Å². The maximum absolute atomic E-state index is 12.0. The van der Waals surface area contributed by atoms with Gasteiger partial charge in [-0.2, -0.15) is 0 Å². The lowest BCUT2D eigenvalue weighted by Crippen LogP contribution is -2.48. The van der Waals surface area contributed by atoms with Crippen LogP contribution in [0.1, 0.15) is 19.2 Å². The predicted molar refractivity (Wildman–Crippen MR) is 115 cm³/mol. The molecule has 10 heteroatoms. The minimum Gasteiger partial charge on any atom is -0.377 e. The number of rotatable bonds is 6. The first-order valence-electron chi connectivity index (χ1n) is 8.90. The van der Waals surface area contributed by atoms with Crippen LogP contribution in [-0.2, 0) is 11.3 Å². The van der Waals surface area contributed by atoms with E-state index in [9.17, 15) is 9.59 Å². The summed E-state index contributed by atoms with van der Waals surface area (Å²) >= 11 is 5.84. The number of hydrogen-bond donors (Lipinski definition) is 2. The summed E-state index contributed by atoms with van der Waals surface area (Å²) < 4.78 is 7.06.